The molecule has 0 bridgehead atoms. The fraction of sp³-hybridized carbons (Fsp3) is 0.357. The minimum atomic E-state index is -0.840. The van der Waals surface area contributed by atoms with Crippen molar-refractivity contribution in [2.75, 3.05) is 6.54 Å². The first-order valence-electron chi connectivity index (χ1n) is 6.42. The predicted molar refractivity (Wildman–Crippen MR) is 77.3 cm³/mol. The molecule has 6 heteroatoms. The summed E-state index contributed by atoms with van der Waals surface area (Å²) < 4.78 is 1.09. The summed E-state index contributed by atoms with van der Waals surface area (Å²) in [5.74, 6) is -0.202. The quantitative estimate of drug-likeness (QED) is 0.912. The van der Waals surface area contributed by atoms with Gasteiger partial charge in [-0.05, 0) is 26.0 Å². The highest BCUT2D eigenvalue weighted by Gasteiger charge is 2.41. The molecule has 0 aliphatic carbocycles. The number of hydrogen-bond acceptors (Lipinski definition) is 4. The summed E-state index contributed by atoms with van der Waals surface area (Å²) in [5.41, 5.74) is 0.0897. The third-order valence-corrected chi connectivity index (χ3v) is 4.58. The summed E-state index contributed by atoms with van der Waals surface area (Å²) in [6, 6.07) is 7.86. The van der Waals surface area contributed by atoms with Crippen LogP contribution in [0.4, 0.5) is 0 Å². The largest absolute Gasteiger partial charge is 0.345 e. The smallest absolute Gasteiger partial charge is 0.245 e. The summed E-state index contributed by atoms with van der Waals surface area (Å²) >= 11 is 1.56. The molecule has 1 aromatic heterocycles. The topological polar surface area (TPSA) is 62.3 Å². The lowest BCUT2D eigenvalue weighted by Crippen LogP contribution is -2.63. The molecule has 0 atom stereocenters. The van der Waals surface area contributed by atoms with E-state index in [9.17, 15) is 9.59 Å². The van der Waals surface area contributed by atoms with Crippen LogP contribution in [-0.2, 0) is 16.1 Å². The van der Waals surface area contributed by atoms with Gasteiger partial charge in [-0.1, -0.05) is 12.1 Å². The van der Waals surface area contributed by atoms with E-state index in [0.717, 1.165) is 15.2 Å². The van der Waals surface area contributed by atoms with Gasteiger partial charge in [-0.3, -0.25) is 9.59 Å². The fourth-order valence-electron chi connectivity index (χ4n) is 2.31. The number of fused-ring (bicyclic) bond motifs is 1. The van der Waals surface area contributed by atoms with Gasteiger partial charge in [0.2, 0.25) is 11.8 Å². The Kier molecular flexibility index (Phi) is 2.97. The van der Waals surface area contributed by atoms with Crippen molar-refractivity contribution in [2.45, 2.75) is 25.9 Å². The first-order chi connectivity index (χ1) is 9.48. The number of carbonyl (C=O) groups is 2. The Morgan fingerprint density at radius 3 is 2.85 bits per heavy atom. The van der Waals surface area contributed by atoms with Crippen LogP contribution in [0.1, 0.15) is 18.9 Å². The second kappa shape index (κ2) is 4.56. The number of para-hydroxylation sites is 1. The van der Waals surface area contributed by atoms with E-state index in [1.807, 2.05) is 24.3 Å². The van der Waals surface area contributed by atoms with Crippen LogP contribution < -0.4 is 5.32 Å². The Hall–Kier alpha value is -1.95. The zero-order valence-electron chi connectivity index (χ0n) is 11.3. The van der Waals surface area contributed by atoms with Crippen molar-refractivity contribution in [1.82, 2.24) is 15.2 Å². The molecule has 1 aliphatic rings. The lowest BCUT2D eigenvalue weighted by molar-refractivity contribution is -0.152. The van der Waals surface area contributed by atoms with Crippen LogP contribution in [0.25, 0.3) is 10.2 Å². The summed E-state index contributed by atoms with van der Waals surface area (Å²) in [6.45, 7) is 3.95. The maximum Gasteiger partial charge on any atom is 0.245 e. The van der Waals surface area contributed by atoms with E-state index in [0.29, 0.717) is 6.54 Å². The zero-order valence-corrected chi connectivity index (χ0v) is 12.2. The lowest BCUT2D eigenvalue weighted by atomic mass is 9.99. The van der Waals surface area contributed by atoms with Crippen molar-refractivity contribution in [3.05, 3.63) is 29.3 Å². The second-order valence-electron chi connectivity index (χ2n) is 5.30. The number of aromatic nitrogens is 1. The SMILES string of the molecule is CC1(C)C(=O)NCC(=O)N1Cc1nc2ccccc2s1. The van der Waals surface area contributed by atoms with Crippen molar-refractivity contribution in [3.8, 4) is 0 Å². The van der Waals surface area contributed by atoms with Crippen LogP contribution in [0.2, 0.25) is 0 Å². The van der Waals surface area contributed by atoms with Crippen molar-refractivity contribution >= 4 is 33.4 Å². The van der Waals surface area contributed by atoms with E-state index in [1.165, 1.54) is 0 Å². The van der Waals surface area contributed by atoms with Crippen molar-refractivity contribution < 1.29 is 9.59 Å². The van der Waals surface area contributed by atoms with Gasteiger partial charge in [0.1, 0.15) is 10.5 Å². The first kappa shape index (κ1) is 13.1. The maximum atomic E-state index is 12.1. The van der Waals surface area contributed by atoms with E-state index < -0.39 is 5.54 Å². The number of piperazine rings is 1. The molecular weight excluding hydrogens is 274 g/mol. The van der Waals surface area contributed by atoms with E-state index in [1.54, 1.807) is 30.1 Å². The molecule has 1 saturated heterocycles. The van der Waals surface area contributed by atoms with Crippen molar-refractivity contribution in [2.24, 2.45) is 0 Å². The molecule has 0 unspecified atom stereocenters. The molecule has 0 spiro atoms. The summed E-state index contributed by atoms with van der Waals surface area (Å²) in [5, 5.41) is 3.47. The summed E-state index contributed by atoms with van der Waals surface area (Å²) in [6.07, 6.45) is 0. The lowest BCUT2D eigenvalue weighted by Gasteiger charge is -2.40. The van der Waals surface area contributed by atoms with Crippen LogP contribution in [0.3, 0.4) is 0 Å². The highest BCUT2D eigenvalue weighted by Crippen LogP contribution is 2.26. The Labute approximate surface area is 120 Å². The minimum absolute atomic E-state index is 0.0627. The van der Waals surface area contributed by atoms with Crippen LogP contribution in [0.5, 0.6) is 0 Å². The third-order valence-electron chi connectivity index (χ3n) is 3.56. The molecule has 1 aromatic carbocycles. The van der Waals surface area contributed by atoms with E-state index in [4.69, 9.17) is 0 Å². The van der Waals surface area contributed by atoms with Gasteiger partial charge < -0.3 is 10.2 Å². The monoisotopic (exact) mass is 289 g/mol. The van der Waals surface area contributed by atoms with Gasteiger partial charge in [0.15, 0.2) is 0 Å². The van der Waals surface area contributed by atoms with Crippen LogP contribution in [0.15, 0.2) is 24.3 Å². The van der Waals surface area contributed by atoms with E-state index >= 15 is 0 Å². The van der Waals surface area contributed by atoms with Crippen molar-refractivity contribution in [3.63, 3.8) is 0 Å². The zero-order chi connectivity index (χ0) is 14.3. The minimum Gasteiger partial charge on any atom is -0.345 e. The first-order valence-corrected chi connectivity index (χ1v) is 7.23. The number of thiazole rings is 1. The number of hydrogen-bond donors (Lipinski definition) is 1. The number of nitrogens with zero attached hydrogens (tertiary/aromatic N) is 2. The third kappa shape index (κ3) is 2.06. The average Bonchev–Trinajstić information content (AvgIpc) is 2.82. The molecule has 2 aromatic rings. The van der Waals surface area contributed by atoms with Crippen LogP contribution in [0, 0.1) is 0 Å². The molecule has 2 heterocycles. The van der Waals surface area contributed by atoms with Crippen LogP contribution >= 0.6 is 11.3 Å². The average molecular weight is 289 g/mol. The molecule has 3 rings (SSSR count). The molecule has 20 heavy (non-hydrogen) atoms. The molecule has 5 nitrogen and oxygen atoms in total. The predicted octanol–water partition coefficient (Wildman–Crippen LogP) is 1.53. The molecule has 0 radical (unpaired) electrons. The normalized spacial score (nSPS) is 18.4. The highest BCUT2D eigenvalue weighted by molar-refractivity contribution is 7.18. The van der Waals surface area contributed by atoms with Gasteiger partial charge in [-0.15, -0.1) is 11.3 Å². The fourth-order valence-corrected chi connectivity index (χ4v) is 3.27. The Morgan fingerprint density at radius 2 is 2.10 bits per heavy atom. The molecule has 1 fully saturated rings. The molecular formula is C14H15N3O2S. The number of amides is 2. The van der Waals surface area contributed by atoms with Crippen molar-refractivity contribution in [1.29, 1.82) is 0 Å². The summed E-state index contributed by atoms with van der Waals surface area (Å²) in [7, 11) is 0. The standard InChI is InChI=1S/C14H15N3O2S/c1-14(2)13(19)15-7-12(18)17(14)8-11-16-9-5-3-4-6-10(9)20-11/h3-6H,7-8H2,1-2H3,(H,15,19). The number of nitrogens with one attached hydrogen (secondary N) is 1. The molecule has 2 amide bonds. The number of benzene rings is 1. The maximum absolute atomic E-state index is 12.1. The Bertz CT molecular complexity index is 660. The van der Waals surface area contributed by atoms with Gasteiger partial charge in [0.25, 0.3) is 0 Å². The number of carbonyl (C=O) groups excluding carboxylic acids is 2. The highest BCUT2D eigenvalue weighted by atomic mass is 32.1. The Balaban J connectivity index is 1.92. The van der Waals surface area contributed by atoms with Crippen LogP contribution in [-0.4, -0.2) is 33.8 Å². The van der Waals surface area contributed by atoms with Gasteiger partial charge in [0, 0.05) is 0 Å². The van der Waals surface area contributed by atoms with Gasteiger partial charge >= 0.3 is 0 Å². The Morgan fingerprint density at radius 1 is 1.35 bits per heavy atom. The molecule has 104 valence electrons. The number of rotatable bonds is 2. The van der Waals surface area contributed by atoms with E-state index in [-0.39, 0.29) is 18.4 Å². The summed E-state index contributed by atoms with van der Waals surface area (Å²) in [4.78, 5) is 30.1. The second-order valence-corrected chi connectivity index (χ2v) is 6.41. The van der Waals surface area contributed by atoms with Gasteiger partial charge in [-0.25, -0.2) is 4.98 Å². The molecule has 0 saturated carbocycles. The molecule has 1 aliphatic heterocycles. The van der Waals surface area contributed by atoms with E-state index in [2.05, 4.69) is 10.3 Å². The van der Waals surface area contributed by atoms with Gasteiger partial charge in [0.05, 0.1) is 23.3 Å². The van der Waals surface area contributed by atoms with Gasteiger partial charge in [-0.2, -0.15) is 0 Å². The molecule has 1 N–H and O–H groups in total.